The summed E-state index contributed by atoms with van der Waals surface area (Å²) in [5.41, 5.74) is 5.25. The summed E-state index contributed by atoms with van der Waals surface area (Å²) in [5.74, 6) is -2.49. The third-order valence-corrected chi connectivity index (χ3v) is 7.96. The zero-order valence-electron chi connectivity index (χ0n) is 27.7. The summed E-state index contributed by atoms with van der Waals surface area (Å²) in [5, 5.41) is 8.75. The Morgan fingerprint density at radius 3 is 1.76 bits per heavy atom. The van der Waals surface area contributed by atoms with Crippen LogP contribution >= 0.6 is 7.82 Å². The van der Waals surface area contributed by atoms with Gasteiger partial charge >= 0.3 is 25.7 Å². The zero-order chi connectivity index (χ0) is 33.6. The molecule has 0 saturated heterocycles. The van der Waals surface area contributed by atoms with Gasteiger partial charge in [0.15, 0.2) is 6.10 Å². The number of phosphoric ester groups is 1. The standard InChI is InChI=1S/C33H60NO10P/c1-3-5-6-7-8-9-10-11-12-13-14-15-16-17-18-19-20-21-22-23-24-25-32(36)44-29(26-41-31(35)4-2)27-42-45(39,40)43-28-30(34)33(37)38/h10-11,13-14,29-30H,3-9,12,15-28,34H2,1-2H3,(H,37,38)(H,39,40)/b11-10-,14-13-. The number of nitrogens with two attached hydrogens (primary N) is 1. The van der Waals surface area contributed by atoms with Crippen LogP contribution in [-0.2, 0) is 37.5 Å². The van der Waals surface area contributed by atoms with E-state index in [1.54, 1.807) is 6.92 Å². The summed E-state index contributed by atoms with van der Waals surface area (Å²) >= 11 is 0. The monoisotopic (exact) mass is 661 g/mol. The highest BCUT2D eigenvalue weighted by atomic mass is 31.2. The third kappa shape index (κ3) is 29.1. The first kappa shape index (κ1) is 43.0. The number of carboxylic acid groups (broad SMARTS) is 1. The van der Waals surface area contributed by atoms with Crippen LogP contribution in [0.3, 0.4) is 0 Å². The third-order valence-electron chi connectivity index (χ3n) is 7.01. The molecule has 262 valence electrons. The second kappa shape index (κ2) is 29.4. The highest BCUT2D eigenvalue weighted by molar-refractivity contribution is 7.47. The Morgan fingerprint density at radius 2 is 1.22 bits per heavy atom. The van der Waals surface area contributed by atoms with Gasteiger partial charge in [-0.3, -0.25) is 23.4 Å². The molecule has 0 aromatic carbocycles. The van der Waals surface area contributed by atoms with Gasteiger partial charge in [-0.25, -0.2) is 4.57 Å². The summed E-state index contributed by atoms with van der Waals surface area (Å²) in [6.45, 7) is 2.13. The van der Waals surface area contributed by atoms with Crippen molar-refractivity contribution in [3.05, 3.63) is 24.3 Å². The molecule has 0 radical (unpaired) electrons. The molecule has 12 heteroatoms. The quantitative estimate of drug-likeness (QED) is 0.0290. The molecule has 0 spiro atoms. The first-order valence-corrected chi connectivity index (χ1v) is 18.4. The fraction of sp³-hybridized carbons (Fsp3) is 0.788. The van der Waals surface area contributed by atoms with Crippen molar-refractivity contribution in [1.29, 1.82) is 0 Å². The number of carbonyl (C=O) groups excluding carboxylic acids is 2. The molecule has 0 aromatic heterocycles. The molecule has 3 unspecified atom stereocenters. The van der Waals surface area contributed by atoms with E-state index in [9.17, 15) is 23.8 Å². The van der Waals surface area contributed by atoms with Crippen LogP contribution in [0.2, 0.25) is 0 Å². The van der Waals surface area contributed by atoms with E-state index in [-0.39, 0.29) is 19.4 Å². The molecule has 0 aliphatic carbocycles. The van der Waals surface area contributed by atoms with Crippen molar-refractivity contribution in [2.24, 2.45) is 5.73 Å². The predicted octanol–water partition coefficient (Wildman–Crippen LogP) is 7.55. The Kier molecular flexibility index (Phi) is 28.0. The van der Waals surface area contributed by atoms with Crippen LogP contribution in [0.5, 0.6) is 0 Å². The summed E-state index contributed by atoms with van der Waals surface area (Å²) in [6.07, 6.45) is 28.1. The van der Waals surface area contributed by atoms with Crippen LogP contribution in [0, 0.1) is 0 Å². The van der Waals surface area contributed by atoms with E-state index in [2.05, 4.69) is 35.8 Å². The first-order chi connectivity index (χ1) is 21.6. The minimum atomic E-state index is -4.68. The Morgan fingerprint density at radius 1 is 0.711 bits per heavy atom. The van der Waals surface area contributed by atoms with E-state index >= 15 is 0 Å². The van der Waals surface area contributed by atoms with Crippen LogP contribution in [0.4, 0.5) is 0 Å². The molecule has 0 heterocycles. The van der Waals surface area contributed by atoms with Gasteiger partial charge in [0, 0.05) is 12.8 Å². The number of aliphatic carboxylic acids is 1. The van der Waals surface area contributed by atoms with E-state index in [1.165, 1.54) is 70.6 Å². The Balaban J connectivity index is 3.97. The minimum Gasteiger partial charge on any atom is -0.480 e. The number of unbranched alkanes of at least 4 members (excludes halogenated alkanes) is 14. The molecule has 4 N–H and O–H groups in total. The fourth-order valence-electron chi connectivity index (χ4n) is 4.25. The molecular formula is C33H60NO10P. The fourth-order valence-corrected chi connectivity index (χ4v) is 5.03. The van der Waals surface area contributed by atoms with Gasteiger partial charge in [-0.15, -0.1) is 0 Å². The van der Waals surface area contributed by atoms with Crippen molar-refractivity contribution in [3.63, 3.8) is 0 Å². The van der Waals surface area contributed by atoms with E-state index in [0.29, 0.717) is 6.42 Å². The van der Waals surface area contributed by atoms with Gasteiger partial charge in [-0.1, -0.05) is 109 Å². The number of allylic oxidation sites excluding steroid dienone is 4. The van der Waals surface area contributed by atoms with Crippen LogP contribution in [-0.4, -0.2) is 59.9 Å². The molecule has 0 bridgehead atoms. The van der Waals surface area contributed by atoms with E-state index in [1.807, 2.05) is 0 Å². The summed E-state index contributed by atoms with van der Waals surface area (Å²) in [7, 11) is -4.68. The van der Waals surface area contributed by atoms with Crippen LogP contribution in [0.25, 0.3) is 0 Å². The van der Waals surface area contributed by atoms with E-state index in [4.69, 9.17) is 24.8 Å². The Labute approximate surface area is 270 Å². The molecule has 0 aliphatic heterocycles. The SMILES string of the molecule is CCCCCCC/C=C\C/C=C\CCCCCCCCCCCC(=O)OC(COC(=O)CC)COP(=O)(O)OCC(N)C(=O)O. The maximum Gasteiger partial charge on any atom is 0.472 e. The molecule has 0 aliphatic rings. The number of carboxylic acids is 1. The van der Waals surface area contributed by atoms with E-state index in [0.717, 1.165) is 32.1 Å². The number of esters is 2. The van der Waals surface area contributed by atoms with E-state index < -0.39 is 51.1 Å². The number of hydrogen-bond donors (Lipinski definition) is 3. The lowest BCUT2D eigenvalue weighted by molar-refractivity contribution is -0.161. The zero-order valence-corrected chi connectivity index (χ0v) is 28.6. The van der Waals surface area contributed by atoms with Crippen LogP contribution in [0.15, 0.2) is 24.3 Å². The first-order valence-electron chi connectivity index (χ1n) is 16.9. The normalized spacial score (nSPS) is 14.4. The maximum absolute atomic E-state index is 12.3. The lowest BCUT2D eigenvalue weighted by Crippen LogP contribution is -2.34. The Hall–Kier alpha value is -2.04. The largest absolute Gasteiger partial charge is 0.480 e. The van der Waals surface area contributed by atoms with Gasteiger partial charge in [-0.05, 0) is 38.5 Å². The number of carbonyl (C=O) groups is 3. The lowest BCUT2D eigenvalue weighted by atomic mass is 10.1. The molecule has 0 aromatic rings. The summed E-state index contributed by atoms with van der Waals surface area (Å²) < 4.78 is 31.7. The van der Waals surface area contributed by atoms with Gasteiger partial charge in [0.05, 0.1) is 13.2 Å². The van der Waals surface area contributed by atoms with Crippen LogP contribution < -0.4 is 5.73 Å². The predicted molar refractivity (Wildman–Crippen MR) is 176 cm³/mol. The molecule has 45 heavy (non-hydrogen) atoms. The summed E-state index contributed by atoms with van der Waals surface area (Å²) in [4.78, 5) is 44.3. The van der Waals surface area contributed by atoms with Crippen molar-refractivity contribution in [2.75, 3.05) is 19.8 Å². The molecule has 0 fully saturated rings. The smallest absolute Gasteiger partial charge is 0.472 e. The average molecular weight is 662 g/mol. The second-order valence-corrected chi connectivity index (χ2v) is 12.7. The van der Waals surface area contributed by atoms with Crippen LogP contribution in [0.1, 0.15) is 136 Å². The van der Waals surface area contributed by atoms with Gasteiger partial charge in [0.25, 0.3) is 0 Å². The number of rotatable bonds is 31. The molecule has 11 nitrogen and oxygen atoms in total. The molecule has 0 amide bonds. The Bertz CT molecular complexity index is 880. The van der Waals surface area contributed by atoms with Gasteiger partial charge in [0.1, 0.15) is 12.6 Å². The highest BCUT2D eigenvalue weighted by Crippen LogP contribution is 2.43. The highest BCUT2D eigenvalue weighted by Gasteiger charge is 2.28. The van der Waals surface area contributed by atoms with Gasteiger partial charge < -0.3 is 25.2 Å². The van der Waals surface area contributed by atoms with Crippen molar-refractivity contribution in [3.8, 4) is 0 Å². The number of phosphoric acid groups is 1. The topological polar surface area (TPSA) is 172 Å². The molecule has 0 rings (SSSR count). The molecular weight excluding hydrogens is 601 g/mol. The summed E-state index contributed by atoms with van der Waals surface area (Å²) in [6, 6.07) is -1.52. The van der Waals surface area contributed by atoms with Crippen molar-refractivity contribution in [1.82, 2.24) is 0 Å². The second-order valence-electron chi connectivity index (χ2n) is 11.3. The van der Waals surface area contributed by atoms with Gasteiger partial charge in [0.2, 0.25) is 0 Å². The molecule has 0 saturated carbocycles. The number of hydrogen-bond acceptors (Lipinski definition) is 9. The van der Waals surface area contributed by atoms with Gasteiger partial charge in [-0.2, -0.15) is 0 Å². The maximum atomic E-state index is 12.3. The average Bonchev–Trinajstić information content (AvgIpc) is 3.01. The van der Waals surface area contributed by atoms with Crippen molar-refractivity contribution < 1.29 is 47.5 Å². The number of ether oxygens (including phenoxy) is 2. The molecule has 3 atom stereocenters. The minimum absolute atomic E-state index is 0.102. The van der Waals surface area contributed by atoms with Crippen molar-refractivity contribution in [2.45, 2.75) is 148 Å². The van der Waals surface area contributed by atoms with Crippen molar-refractivity contribution >= 4 is 25.7 Å². The lowest BCUT2D eigenvalue weighted by Gasteiger charge is -2.20.